The van der Waals surface area contributed by atoms with Crippen molar-refractivity contribution >= 4 is 53.9 Å². The van der Waals surface area contributed by atoms with E-state index in [2.05, 4.69) is 165 Å². The van der Waals surface area contributed by atoms with Crippen LogP contribution < -0.4 is 0 Å². The molecule has 11 rings (SSSR count). The number of halogens is 3. The van der Waals surface area contributed by atoms with Crippen LogP contribution in [0.4, 0.5) is 13.2 Å². The average Bonchev–Trinajstić information content (AvgIpc) is 3.29. The Hall–Kier alpha value is -7.49. The van der Waals surface area contributed by atoms with E-state index in [1.54, 1.807) is 0 Å². The molecule has 0 bridgehead atoms. The van der Waals surface area contributed by atoms with Gasteiger partial charge in [0.05, 0.1) is 5.56 Å². The third kappa shape index (κ3) is 6.24. The van der Waals surface area contributed by atoms with E-state index in [1.807, 2.05) is 30.3 Å². The molecule has 0 aliphatic heterocycles. The second-order valence-corrected chi connectivity index (χ2v) is 16.0. The number of hydrogen-bond acceptors (Lipinski definition) is 0. The Bertz CT molecular complexity index is 3510. The molecular weight excluding hydrogens is 754 g/mol. The van der Waals surface area contributed by atoms with Gasteiger partial charge in [-0.2, -0.15) is 13.2 Å². The monoisotopic (exact) mass is 790 g/mol. The van der Waals surface area contributed by atoms with Crippen LogP contribution in [0.25, 0.3) is 109 Å². The maximum atomic E-state index is 14.5. The van der Waals surface area contributed by atoms with Crippen molar-refractivity contribution in [3.8, 4) is 55.6 Å². The van der Waals surface area contributed by atoms with Crippen LogP contribution in [-0.2, 0) is 6.18 Å². The van der Waals surface area contributed by atoms with E-state index in [4.69, 9.17) is 0 Å². The first kappa shape index (κ1) is 36.6. The van der Waals surface area contributed by atoms with Gasteiger partial charge in [0.2, 0.25) is 0 Å². The molecule has 0 amide bonds. The van der Waals surface area contributed by atoms with Gasteiger partial charge in [0.15, 0.2) is 0 Å². The second-order valence-electron chi connectivity index (χ2n) is 16.0. The maximum Gasteiger partial charge on any atom is 0.416 e. The fourth-order valence-corrected chi connectivity index (χ4v) is 9.54. The quantitative estimate of drug-likeness (QED) is 0.120. The van der Waals surface area contributed by atoms with Gasteiger partial charge < -0.3 is 0 Å². The molecule has 0 spiro atoms. The van der Waals surface area contributed by atoms with Crippen LogP contribution in [0.2, 0.25) is 0 Å². The zero-order valence-electron chi connectivity index (χ0n) is 33.3. The van der Waals surface area contributed by atoms with Crippen LogP contribution in [0, 0.1) is 6.92 Å². The lowest BCUT2D eigenvalue weighted by Gasteiger charge is -2.23. The number of fused-ring (bicyclic) bond motifs is 6. The van der Waals surface area contributed by atoms with Crippen molar-refractivity contribution in [3.63, 3.8) is 0 Å². The Labute approximate surface area is 351 Å². The summed E-state index contributed by atoms with van der Waals surface area (Å²) in [7, 11) is 0. The minimum Gasteiger partial charge on any atom is -0.166 e. The topological polar surface area (TPSA) is 0 Å². The van der Waals surface area contributed by atoms with Crippen molar-refractivity contribution in [3.05, 3.63) is 217 Å². The zero-order chi connectivity index (χ0) is 41.2. The molecule has 0 unspecified atom stereocenters. The Balaban J connectivity index is 1.38. The Morgan fingerprint density at radius 3 is 1.52 bits per heavy atom. The lowest BCUT2D eigenvalue weighted by atomic mass is 9.80. The number of rotatable bonds is 5. The van der Waals surface area contributed by atoms with Gasteiger partial charge in [-0.15, -0.1) is 0 Å². The number of aryl methyl sites for hydroxylation is 1. The molecule has 0 atom stereocenters. The van der Waals surface area contributed by atoms with Crippen LogP contribution in [0.3, 0.4) is 0 Å². The highest BCUT2D eigenvalue weighted by atomic mass is 19.4. The molecule has 11 aromatic carbocycles. The van der Waals surface area contributed by atoms with Gasteiger partial charge in [-0.3, -0.25) is 0 Å². The van der Waals surface area contributed by atoms with Crippen molar-refractivity contribution in [2.75, 3.05) is 0 Å². The molecule has 0 saturated heterocycles. The summed E-state index contributed by atoms with van der Waals surface area (Å²) in [6, 6.07) is 70.0. The molecule has 0 N–H and O–H groups in total. The van der Waals surface area contributed by atoms with Gasteiger partial charge in [-0.05, 0) is 153 Å². The summed E-state index contributed by atoms with van der Waals surface area (Å²) in [5.74, 6) is 0. The molecule has 61 heavy (non-hydrogen) atoms. The lowest BCUT2D eigenvalue weighted by molar-refractivity contribution is -0.137. The molecule has 0 radical (unpaired) electrons. The summed E-state index contributed by atoms with van der Waals surface area (Å²) in [5, 5.41) is 10.4. The number of alkyl halides is 3. The normalized spacial score (nSPS) is 11.9. The van der Waals surface area contributed by atoms with Crippen LogP contribution in [-0.4, -0.2) is 0 Å². The largest absolute Gasteiger partial charge is 0.416 e. The van der Waals surface area contributed by atoms with Crippen molar-refractivity contribution in [1.82, 2.24) is 0 Å². The Kier molecular flexibility index (Phi) is 8.61. The molecule has 0 fully saturated rings. The average molecular weight is 791 g/mol. The van der Waals surface area contributed by atoms with Gasteiger partial charge in [-0.25, -0.2) is 0 Å². The van der Waals surface area contributed by atoms with Gasteiger partial charge in [0, 0.05) is 0 Å². The summed E-state index contributed by atoms with van der Waals surface area (Å²) in [4.78, 5) is 0. The van der Waals surface area contributed by atoms with E-state index in [9.17, 15) is 13.2 Å². The fourth-order valence-electron chi connectivity index (χ4n) is 9.54. The summed E-state index contributed by atoms with van der Waals surface area (Å²) in [6.45, 7) is 2.10. The van der Waals surface area contributed by atoms with E-state index in [0.29, 0.717) is 5.56 Å². The molecule has 0 saturated carbocycles. The third-order valence-electron chi connectivity index (χ3n) is 12.3. The minimum absolute atomic E-state index is 0.521. The molecule has 0 heterocycles. The minimum atomic E-state index is -4.50. The van der Waals surface area contributed by atoms with E-state index < -0.39 is 11.7 Å². The van der Waals surface area contributed by atoms with Crippen LogP contribution in [0.15, 0.2) is 206 Å². The molecule has 290 valence electrons. The number of benzene rings is 11. The summed E-state index contributed by atoms with van der Waals surface area (Å²) in [6.07, 6.45) is -4.50. The van der Waals surface area contributed by atoms with Gasteiger partial charge in [0.25, 0.3) is 0 Å². The predicted octanol–water partition coefficient (Wildman–Crippen LogP) is 17.1. The Morgan fingerprint density at radius 1 is 0.279 bits per heavy atom. The first-order valence-corrected chi connectivity index (χ1v) is 20.6. The fraction of sp³-hybridized carbons (Fsp3) is 0.0345. The molecule has 0 aliphatic carbocycles. The smallest absolute Gasteiger partial charge is 0.166 e. The van der Waals surface area contributed by atoms with Crippen molar-refractivity contribution in [2.24, 2.45) is 0 Å². The lowest BCUT2D eigenvalue weighted by Crippen LogP contribution is -2.04. The summed E-state index contributed by atoms with van der Waals surface area (Å²) < 4.78 is 43.6. The first-order chi connectivity index (χ1) is 29.8. The van der Waals surface area contributed by atoms with Crippen LogP contribution >= 0.6 is 0 Å². The molecule has 11 aromatic rings. The SMILES string of the molecule is Cc1cccc(-c2c3cc(-c4ccccc4)ccc3c(-c3cccc(C(F)(F)F)c3)c3cc4c(cc23)c(-c2ccccc2)c(-c2ccc3ccccc3c2)c2ccccc24)c1. The Morgan fingerprint density at radius 2 is 0.787 bits per heavy atom. The number of hydrogen-bond donors (Lipinski definition) is 0. The zero-order valence-corrected chi connectivity index (χ0v) is 33.3. The van der Waals surface area contributed by atoms with Crippen molar-refractivity contribution in [1.29, 1.82) is 0 Å². The molecular formula is C58H37F3. The summed E-state index contributed by atoms with van der Waals surface area (Å²) >= 11 is 0. The van der Waals surface area contributed by atoms with Crippen molar-refractivity contribution < 1.29 is 13.2 Å². The van der Waals surface area contributed by atoms with Gasteiger partial charge in [-0.1, -0.05) is 175 Å². The molecule has 0 aliphatic rings. The summed E-state index contributed by atoms with van der Waals surface area (Å²) in [5.41, 5.74) is 10.4. The molecule has 0 aromatic heterocycles. The van der Waals surface area contributed by atoms with Gasteiger partial charge >= 0.3 is 6.18 Å². The molecule has 0 nitrogen and oxygen atoms in total. The van der Waals surface area contributed by atoms with E-state index in [-0.39, 0.29) is 0 Å². The van der Waals surface area contributed by atoms with Crippen LogP contribution in [0.5, 0.6) is 0 Å². The van der Waals surface area contributed by atoms with E-state index >= 15 is 0 Å². The maximum absolute atomic E-state index is 14.5. The standard InChI is InChI=1S/C58H37F3/c1-36-14-12-21-42(30-36)55-50-33-41(37-15-4-2-5-16-37)28-29-48(50)54(43-22-13-23-45(32-43)58(59,60)61)52-34-49-46-24-10-11-25-47(46)57(44-27-26-38-17-8-9-20-40(38)31-44)56(51(49)35-53(52)55)39-18-6-3-7-19-39/h2-35H,1H3. The highest BCUT2D eigenvalue weighted by Crippen LogP contribution is 2.51. The van der Waals surface area contributed by atoms with E-state index in [1.165, 1.54) is 17.5 Å². The van der Waals surface area contributed by atoms with Crippen molar-refractivity contribution in [2.45, 2.75) is 13.1 Å². The van der Waals surface area contributed by atoms with E-state index in [0.717, 1.165) is 110 Å². The highest BCUT2D eigenvalue weighted by Gasteiger charge is 2.31. The third-order valence-corrected chi connectivity index (χ3v) is 12.3. The first-order valence-electron chi connectivity index (χ1n) is 20.6. The van der Waals surface area contributed by atoms with Crippen LogP contribution in [0.1, 0.15) is 11.1 Å². The predicted molar refractivity (Wildman–Crippen MR) is 251 cm³/mol. The van der Waals surface area contributed by atoms with Gasteiger partial charge in [0.1, 0.15) is 0 Å². The molecule has 3 heteroatoms. The highest BCUT2D eigenvalue weighted by molar-refractivity contribution is 6.29. The second kappa shape index (κ2) is 14.4.